The molecule has 0 atom stereocenters. The molecule has 0 aliphatic carbocycles. The number of aromatic amines is 1. The molecule has 0 saturated heterocycles. The average molecular weight is 264 g/mol. The average Bonchev–Trinajstić information content (AvgIpc) is 2.73. The third-order valence-corrected chi connectivity index (χ3v) is 3.81. The zero-order valence-electron chi connectivity index (χ0n) is 9.82. The molecule has 0 spiro atoms. The molecular weight excluding hydrogens is 248 g/mol. The van der Waals surface area contributed by atoms with Gasteiger partial charge in [-0.15, -0.1) is 0 Å². The number of benzene rings is 1. The number of hydrogen-bond acceptors (Lipinski definition) is 2. The Hall–Kier alpha value is -1.00. The van der Waals surface area contributed by atoms with Gasteiger partial charge < -0.3 is 10.3 Å². The van der Waals surface area contributed by atoms with E-state index >= 15 is 0 Å². The lowest BCUT2D eigenvalue weighted by molar-refractivity contribution is 0.887. The van der Waals surface area contributed by atoms with Gasteiger partial charge in [0.05, 0.1) is 0 Å². The van der Waals surface area contributed by atoms with Crippen molar-refractivity contribution in [2.45, 2.75) is 13.3 Å². The van der Waals surface area contributed by atoms with Crippen LogP contribution in [0.5, 0.6) is 0 Å². The van der Waals surface area contributed by atoms with Gasteiger partial charge in [0.15, 0.2) is 0 Å². The molecule has 2 rings (SSSR count). The lowest BCUT2D eigenvalue weighted by Crippen LogP contribution is -2.21. The Balaban J connectivity index is 1.93. The van der Waals surface area contributed by atoms with E-state index in [4.69, 9.17) is 12.2 Å². The van der Waals surface area contributed by atoms with Crippen molar-refractivity contribution >= 4 is 39.2 Å². The third kappa shape index (κ3) is 3.23. The molecule has 0 amide bonds. The molecule has 1 aromatic heterocycles. The number of fused-ring (bicyclic) bond motifs is 1. The second kappa shape index (κ2) is 6.07. The second-order valence-corrected chi connectivity index (χ2v) is 5.70. The molecule has 17 heavy (non-hydrogen) atoms. The highest BCUT2D eigenvalue weighted by Crippen LogP contribution is 2.17. The summed E-state index contributed by atoms with van der Waals surface area (Å²) in [7, 11) is 0. The maximum atomic E-state index is 5.19. The Kier molecular flexibility index (Phi) is 4.45. The van der Waals surface area contributed by atoms with E-state index < -0.39 is 0 Å². The molecule has 4 heteroatoms. The minimum atomic E-state index is 0.896. The van der Waals surface area contributed by atoms with Crippen LogP contribution in [-0.2, 0) is 6.42 Å². The molecule has 2 aromatic rings. The van der Waals surface area contributed by atoms with E-state index in [-0.39, 0.29) is 0 Å². The van der Waals surface area contributed by atoms with Crippen LogP contribution in [0.1, 0.15) is 12.5 Å². The molecular formula is C13H16N2S2. The van der Waals surface area contributed by atoms with E-state index in [1.54, 1.807) is 11.8 Å². The first-order valence-corrected chi connectivity index (χ1v) is 7.16. The molecule has 0 radical (unpaired) electrons. The standard InChI is InChI=1S/C13H16N2S2/c1-2-17-13(16)14-8-7-10-9-15-12-6-4-3-5-11(10)12/h3-6,9,15H,2,7-8H2,1H3,(H,14,16). The predicted molar refractivity (Wildman–Crippen MR) is 80.7 cm³/mol. The molecule has 2 nitrogen and oxygen atoms in total. The summed E-state index contributed by atoms with van der Waals surface area (Å²) < 4.78 is 0.896. The first kappa shape index (κ1) is 12.5. The van der Waals surface area contributed by atoms with Gasteiger partial charge in [0.2, 0.25) is 0 Å². The van der Waals surface area contributed by atoms with E-state index in [9.17, 15) is 0 Å². The quantitative estimate of drug-likeness (QED) is 0.830. The van der Waals surface area contributed by atoms with Gasteiger partial charge in [-0.3, -0.25) is 0 Å². The molecule has 0 aliphatic rings. The van der Waals surface area contributed by atoms with Crippen LogP contribution in [0.4, 0.5) is 0 Å². The number of thiocarbonyl (C=S) groups is 1. The van der Waals surface area contributed by atoms with Crippen LogP contribution >= 0.6 is 24.0 Å². The fourth-order valence-corrected chi connectivity index (χ4v) is 2.74. The van der Waals surface area contributed by atoms with Crippen molar-refractivity contribution in [2.75, 3.05) is 12.3 Å². The third-order valence-electron chi connectivity index (χ3n) is 2.61. The maximum Gasteiger partial charge on any atom is 0.133 e. The van der Waals surface area contributed by atoms with Crippen LogP contribution in [0.3, 0.4) is 0 Å². The fourth-order valence-electron chi connectivity index (χ4n) is 1.82. The minimum absolute atomic E-state index is 0.896. The first-order valence-electron chi connectivity index (χ1n) is 5.77. The van der Waals surface area contributed by atoms with Crippen molar-refractivity contribution in [1.29, 1.82) is 0 Å². The summed E-state index contributed by atoms with van der Waals surface area (Å²) in [6.45, 7) is 3.01. The highest BCUT2D eigenvalue weighted by Gasteiger charge is 2.02. The van der Waals surface area contributed by atoms with Gasteiger partial charge in [-0.25, -0.2) is 0 Å². The van der Waals surface area contributed by atoms with E-state index in [1.807, 2.05) is 6.07 Å². The van der Waals surface area contributed by atoms with Gasteiger partial charge in [0.1, 0.15) is 4.32 Å². The topological polar surface area (TPSA) is 27.8 Å². The van der Waals surface area contributed by atoms with Gasteiger partial charge >= 0.3 is 0 Å². The zero-order chi connectivity index (χ0) is 12.1. The number of H-pyrrole nitrogens is 1. The number of hydrogen-bond donors (Lipinski definition) is 2. The molecule has 1 aromatic carbocycles. The van der Waals surface area contributed by atoms with Crippen LogP contribution < -0.4 is 5.32 Å². The molecule has 0 bridgehead atoms. The Morgan fingerprint density at radius 2 is 2.24 bits per heavy atom. The van der Waals surface area contributed by atoms with Crippen molar-refractivity contribution in [3.05, 3.63) is 36.0 Å². The molecule has 0 unspecified atom stereocenters. The van der Waals surface area contributed by atoms with Crippen molar-refractivity contribution in [1.82, 2.24) is 10.3 Å². The van der Waals surface area contributed by atoms with Gasteiger partial charge in [0, 0.05) is 23.6 Å². The number of thioether (sulfide) groups is 1. The van der Waals surface area contributed by atoms with Crippen LogP contribution in [0.2, 0.25) is 0 Å². The number of nitrogens with one attached hydrogen (secondary N) is 2. The van der Waals surface area contributed by atoms with Crippen molar-refractivity contribution < 1.29 is 0 Å². The molecule has 1 heterocycles. The van der Waals surface area contributed by atoms with Crippen molar-refractivity contribution in [3.8, 4) is 0 Å². The van der Waals surface area contributed by atoms with Crippen LogP contribution in [0.15, 0.2) is 30.5 Å². The number of para-hydroxylation sites is 1. The number of aromatic nitrogens is 1. The van der Waals surface area contributed by atoms with E-state index in [2.05, 4.69) is 41.6 Å². The highest BCUT2D eigenvalue weighted by molar-refractivity contribution is 8.22. The summed E-state index contributed by atoms with van der Waals surface area (Å²) in [6.07, 6.45) is 3.08. The van der Waals surface area contributed by atoms with E-state index in [0.29, 0.717) is 0 Å². The summed E-state index contributed by atoms with van der Waals surface area (Å²) >= 11 is 6.87. The van der Waals surface area contributed by atoms with Crippen LogP contribution in [0.25, 0.3) is 10.9 Å². The molecule has 90 valence electrons. The zero-order valence-corrected chi connectivity index (χ0v) is 11.5. The Bertz CT molecular complexity index is 505. The van der Waals surface area contributed by atoms with E-state index in [1.165, 1.54) is 16.5 Å². The largest absolute Gasteiger partial charge is 0.371 e. The first-order chi connectivity index (χ1) is 8.31. The summed E-state index contributed by atoms with van der Waals surface area (Å²) in [5.74, 6) is 1.03. The molecule has 0 saturated carbocycles. The van der Waals surface area contributed by atoms with Crippen LogP contribution in [0, 0.1) is 0 Å². The maximum absolute atomic E-state index is 5.19. The Morgan fingerprint density at radius 3 is 3.06 bits per heavy atom. The van der Waals surface area contributed by atoms with E-state index in [0.717, 1.165) is 23.0 Å². The Morgan fingerprint density at radius 1 is 1.41 bits per heavy atom. The number of rotatable bonds is 4. The summed E-state index contributed by atoms with van der Waals surface area (Å²) in [5, 5.41) is 4.58. The lowest BCUT2D eigenvalue weighted by Gasteiger charge is -2.05. The van der Waals surface area contributed by atoms with Gasteiger partial charge in [-0.2, -0.15) is 0 Å². The molecule has 0 fully saturated rings. The highest BCUT2D eigenvalue weighted by atomic mass is 32.2. The fraction of sp³-hybridized carbons (Fsp3) is 0.308. The van der Waals surface area contributed by atoms with Gasteiger partial charge in [-0.05, 0) is 23.8 Å². The second-order valence-electron chi connectivity index (χ2n) is 3.76. The summed E-state index contributed by atoms with van der Waals surface area (Å²) in [6, 6.07) is 8.38. The summed E-state index contributed by atoms with van der Waals surface area (Å²) in [4.78, 5) is 3.29. The summed E-state index contributed by atoms with van der Waals surface area (Å²) in [5.41, 5.74) is 2.55. The Labute approximate surface area is 111 Å². The lowest BCUT2D eigenvalue weighted by atomic mass is 10.1. The smallest absolute Gasteiger partial charge is 0.133 e. The van der Waals surface area contributed by atoms with Crippen molar-refractivity contribution in [2.24, 2.45) is 0 Å². The SMILES string of the molecule is CCSC(=S)NCCc1c[nH]c2ccccc12. The predicted octanol–water partition coefficient (Wildman–Crippen LogP) is 3.34. The minimum Gasteiger partial charge on any atom is -0.371 e. The molecule has 2 N–H and O–H groups in total. The monoisotopic (exact) mass is 264 g/mol. The molecule has 0 aliphatic heterocycles. The normalized spacial score (nSPS) is 10.6. The van der Waals surface area contributed by atoms with Gasteiger partial charge in [0.25, 0.3) is 0 Å². The van der Waals surface area contributed by atoms with Gasteiger partial charge in [-0.1, -0.05) is 49.1 Å². The van der Waals surface area contributed by atoms with Crippen molar-refractivity contribution in [3.63, 3.8) is 0 Å². The van der Waals surface area contributed by atoms with Crippen LogP contribution in [-0.4, -0.2) is 21.6 Å².